The Morgan fingerprint density at radius 3 is 2.40 bits per heavy atom. The van der Waals surface area contributed by atoms with E-state index in [1.165, 1.54) is 5.56 Å². The van der Waals surface area contributed by atoms with Gasteiger partial charge in [-0.15, -0.1) is 0 Å². The average molecular weight is 412 g/mol. The van der Waals surface area contributed by atoms with Crippen LogP contribution in [0.25, 0.3) is 0 Å². The summed E-state index contributed by atoms with van der Waals surface area (Å²) in [5.74, 6) is 1.03. The number of ether oxygens (including phenoxy) is 2. The molecule has 1 fully saturated rings. The summed E-state index contributed by atoms with van der Waals surface area (Å²) in [6, 6.07) is 17.5. The highest BCUT2D eigenvalue weighted by molar-refractivity contribution is 5.77. The van der Waals surface area contributed by atoms with Crippen LogP contribution in [0.1, 0.15) is 38.7 Å². The van der Waals surface area contributed by atoms with E-state index in [2.05, 4.69) is 11.8 Å². The number of carbonyl (C=O) groups is 1. The number of benzene rings is 2. The fourth-order valence-electron chi connectivity index (χ4n) is 4.22. The lowest BCUT2D eigenvalue weighted by Gasteiger charge is -2.42. The zero-order valence-electron chi connectivity index (χ0n) is 18.0. The third kappa shape index (κ3) is 5.76. The molecule has 1 N–H and O–H groups in total. The van der Waals surface area contributed by atoms with Gasteiger partial charge in [0.1, 0.15) is 11.5 Å². The number of phenols is 1. The molecule has 2 aromatic carbocycles. The van der Waals surface area contributed by atoms with Gasteiger partial charge in [0.15, 0.2) is 0 Å². The van der Waals surface area contributed by atoms with Crippen molar-refractivity contribution in [3.05, 3.63) is 60.2 Å². The number of hydrogen-bond donors (Lipinski definition) is 1. The van der Waals surface area contributed by atoms with Crippen molar-refractivity contribution in [3.8, 4) is 11.5 Å². The van der Waals surface area contributed by atoms with Gasteiger partial charge in [-0.25, -0.2) is 0 Å². The number of phenolic OH excluding ortho intramolecular Hbond substituents is 1. The highest BCUT2D eigenvalue weighted by Gasteiger charge is 2.43. The second-order valence-electron chi connectivity index (χ2n) is 8.17. The van der Waals surface area contributed by atoms with Gasteiger partial charge in [0.05, 0.1) is 18.6 Å². The molecule has 2 aromatic rings. The standard InChI is InChI=1S/C25H33NO4/c1-3-29-24(28)25(15-18-30-23-7-5-4-6-8-23)13-16-26(17-14-25)20(2)19-21-9-11-22(27)12-10-21/h4-12,20,27H,3,13-19H2,1-2H3/t20-/m1/s1. The maximum Gasteiger partial charge on any atom is 0.312 e. The van der Waals surface area contributed by atoms with Crippen molar-refractivity contribution >= 4 is 5.97 Å². The van der Waals surface area contributed by atoms with Crippen LogP contribution in [0.3, 0.4) is 0 Å². The quantitative estimate of drug-likeness (QED) is 0.618. The van der Waals surface area contributed by atoms with Crippen LogP contribution in [0, 0.1) is 5.41 Å². The molecular formula is C25H33NO4. The van der Waals surface area contributed by atoms with Crippen molar-refractivity contribution < 1.29 is 19.4 Å². The van der Waals surface area contributed by atoms with Gasteiger partial charge in [-0.1, -0.05) is 30.3 Å². The molecule has 1 aliphatic heterocycles. The normalized spacial score (nSPS) is 17.3. The topological polar surface area (TPSA) is 59.0 Å². The van der Waals surface area contributed by atoms with Gasteiger partial charge in [0.2, 0.25) is 0 Å². The number of hydrogen-bond acceptors (Lipinski definition) is 5. The van der Waals surface area contributed by atoms with E-state index in [4.69, 9.17) is 9.47 Å². The number of likely N-dealkylation sites (tertiary alicyclic amines) is 1. The summed E-state index contributed by atoms with van der Waals surface area (Å²) in [6.45, 7) is 6.73. The summed E-state index contributed by atoms with van der Waals surface area (Å²) in [4.78, 5) is 15.3. The van der Waals surface area contributed by atoms with E-state index < -0.39 is 5.41 Å². The zero-order chi connectivity index (χ0) is 21.4. The van der Waals surface area contributed by atoms with Gasteiger partial charge in [0.25, 0.3) is 0 Å². The molecule has 162 valence electrons. The van der Waals surface area contributed by atoms with Crippen LogP contribution < -0.4 is 4.74 Å². The Balaban J connectivity index is 1.57. The van der Waals surface area contributed by atoms with E-state index in [-0.39, 0.29) is 5.97 Å². The Hall–Kier alpha value is -2.53. The van der Waals surface area contributed by atoms with Crippen LogP contribution >= 0.6 is 0 Å². The van der Waals surface area contributed by atoms with Crippen LogP contribution in [0.5, 0.6) is 11.5 Å². The maximum absolute atomic E-state index is 12.8. The number of para-hydroxylation sites is 1. The number of piperidine rings is 1. The van der Waals surface area contributed by atoms with E-state index in [1.807, 2.05) is 49.4 Å². The number of carbonyl (C=O) groups excluding carboxylic acids is 1. The summed E-state index contributed by atoms with van der Waals surface area (Å²) in [6.07, 6.45) is 3.15. The Morgan fingerprint density at radius 1 is 1.10 bits per heavy atom. The zero-order valence-corrected chi connectivity index (χ0v) is 18.0. The fourth-order valence-corrected chi connectivity index (χ4v) is 4.22. The molecule has 0 aromatic heterocycles. The van der Waals surface area contributed by atoms with Crippen LogP contribution in [0.4, 0.5) is 0 Å². The Bertz CT molecular complexity index is 783. The first-order valence-electron chi connectivity index (χ1n) is 10.9. The molecule has 0 radical (unpaired) electrons. The lowest BCUT2D eigenvalue weighted by atomic mass is 9.75. The lowest BCUT2D eigenvalue weighted by molar-refractivity contribution is -0.160. The molecule has 0 spiro atoms. The minimum Gasteiger partial charge on any atom is -0.508 e. The molecule has 0 amide bonds. The molecule has 1 atom stereocenters. The van der Waals surface area contributed by atoms with Crippen LogP contribution in [-0.4, -0.2) is 48.3 Å². The Labute approximate surface area is 179 Å². The second kappa shape index (κ2) is 10.5. The van der Waals surface area contributed by atoms with Gasteiger partial charge in [-0.05, 0) is 82.4 Å². The molecule has 3 rings (SSSR count). The highest BCUT2D eigenvalue weighted by Crippen LogP contribution is 2.37. The molecule has 30 heavy (non-hydrogen) atoms. The van der Waals surface area contributed by atoms with Crippen molar-refractivity contribution in [2.24, 2.45) is 5.41 Å². The molecule has 1 aliphatic rings. The Morgan fingerprint density at radius 2 is 1.77 bits per heavy atom. The van der Waals surface area contributed by atoms with Crippen molar-refractivity contribution in [1.29, 1.82) is 0 Å². The number of esters is 1. The molecular weight excluding hydrogens is 378 g/mol. The molecule has 1 saturated heterocycles. The average Bonchev–Trinajstić information content (AvgIpc) is 2.76. The largest absolute Gasteiger partial charge is 0.508 e. The fraction of sp³-hybridized carbons (Fsp3) is 0.480. The molecule has 0 bridgehead atoms. The molecule has 0 unspecified atom stereocenters. The number of aromatic hydroxyl groups is 1. The third-order valence-corrected chi connectivity index (χ3v) is 6.15. The first-order valence-corrected chi connectivity index (χ1v) is 10.9. The van der Waals surface area contributed by atoms with Gasteiger partial charge in [0, 0.05) is 6.04 Å². The monoisotopic (exact) mass is 411 g/mol. The molecule has 1 heterocycles. The van der Waals surface area contributed by atoms with Crippen molar-refractivity contribution in [3.63, 3.8) is 0 Å². The Kier molecular flexibility index (Phi) is 7.75. The van der Waals surface area contributed by atoms with E-state index in [9.17, 15) is 9.90 Å². The van der Waals surface area contributed by atoms with Gasteiger partial charge >= 0.3 is 5.97 Å². The highest BCUT2D eigenvalue weighted by atomic mass is 16.5. The van der Waals surface area contributed by atoms with E-state index >= 15 is 0 Å². The van der Waals surface area contributed by atoms with E-state index in [1.54, 1.807) is 12.1 Å². The lowest BCUT2D eigenvalue weighted by Crippen LogP contribution is -2.49. The summed E-state index contributed by atoms with van der Waals surface area (Å²) in [5.41, 5.74) is 0.735. The first-order chi connectivity index (χ1) is 14.5. The minimum atomic E-state index is -0.473. The second-order valence-corrected chi connectivity index (χ2v) is 8.17. The summed E-state index contributed by atoms with van der Waals surface area (Å²) >= 11 is 0. The molecule has 0 aliphatic carbocycles. The number of nitrogens with zero attached hydrogens (tertiary/aromatic N) is 1. The van der Waals surface area contributed by atoms with Crippen LogP contribution in [0.2, 0.25) is 0 Å². The summed E-state index contributed by atoms with van der Waals surface area (Å²) in [7, 11) is 0. The maximum atomic E-state index is 12.8. The van der Waals surface area contributed by atoms with E-state index in [0.717, 1.165) is 38.1 Å². The SMILES string of the molecule is CCOC(=O)C1(CCOc2ccccc2)CCN([C@H](C)Cc2ccc(O)cc2)CC1. The van der Waals surface area contributed by atoms with Crippen molar-refractivity contribution in [2.45, 2.75) is 45.6 Å². The molecule has 5 nitrogen and oxygen atoms in total. The predicted molar refractivity (Wildman–Crippen MR) is 118 cm³/mol. The van der Waals surface area contributed by atoms with Gasteiger partial charge in [-0.2, -0.15) is 0 Å². The predicted octanol–water partition coefficient (Wildman–Crippen LogP) is 4.44. The summed E-state index contributed by atoms with van der Waals surface area (Å²) < 4.78 is 11.3. The minimum absolute atomic E-state index is 0.0903. The molecule has 0 saturated carbocycles. The summed E-state index contributed by atoms with van der Waals surface area (Å²) in [5, 5.41) is 9.47. The van der Waals surface area contributed by atoms with Crippen LogP contribution in [-0.2, 0) is 16.0 Å². The first kappa shape index (κ1) is 22.2. The third-order valence-electron chi connectivity index (χ3n) is 6.15. The number of rotatable bonds is 9. The smallest absolute Gasteiger partial charge is 0.312 e. The van der Waals surface area contributed by atoms with E-state index in [0.29, 0.717) is 31.4 Å². The van der Waals surface area contributed by atoms with Crippen LogP contribution in [0.15, 0.2) is 54.6 Å². The van der Waals surface area contributed by atoms with Gasteiger partial charge < -0.3 is 19.5 Å². The van der Waals surface area contributed by atoms with Crippen molar-refractivity contribution in [2.75, 3.05) is 26.3 Å². The van der Waals surface area contributed by atoms with Gasteiger partial charge in [-0.3, -0.25) is 4.79 Å². The molecule has 5 heteroatoms. The van der Waals surface area contributed by atoms with Crippen molar-refractivity contribution in [1.82, 2.24) is 4.90 Å².